The Morgan fingerprint density at radius 1 is 1.07 bits per heavy atom. The number of sulfonamides is 1. The van der Waals surface area contributed by atoms with E-state index in [-0.39, 0.29) is 10.5 Å². The van der Waals surface area contributed by atoms with Gasteiger partial charge in [0.15, 0.2) is 0 Å². The van der Waals surface area contributed by atoms with Crippen LogP contribution in [0.2, 0.25) is 0 Å². The molecule has 0 aromatic heterocycles. The van der Waals surface area contributed by atoms with Crippen LogP contribution in [0.15, 0.2) is 70.2 Å². The molecule has 0 radical (unpaired) electrons. The number of hydrogen-bond donors (Lipinski definition) is 1. The van der Waals surface area contributed by atoms with E-state index < -0.39 is 15.9 Å². The molecule has 1 aliphatic rings. The number of nitrogens with zero attached hydrogens (tertiary/aromatic N) is 2. The third kappa shape index (κ3) is 4.94. The summed E-state index contributed by atoms with van der Waals surface area (Å²) < 4.78 is 26.7. The van der Waals surface area contributed by atoms with E-state index in [2.05, 4.69) is 10.5 Å². The number of allylic oxidation sites excluding steroid dienone is 1. The maximum absolute atomic E-state index is 12.6. The van der Waals surface area contributed by atoms with Crippen molar-refractivity contribution in [3.8, 4) is 0 Å². The Balaban J connectivity index is 1.67. The molecule has 0 spiro atoms. The lowest BCUT2D eigenvalue weighted by molar-refractivity contribution is 0.0955. The van der Waals surface area contributed by atoms with Crippen LogP contribution in [0.3, 0.4) is 0 Å². The van der Waals surface area contributed by atoms with Gasteiger partial charge in [-0.25, -0.2) is 13.8 Å². The summed E-state index contributed by atoms with van der Waals surface area (Å²) in [6, 6.07) is 15.8. The molecule has 0 atom stereocenters. The van der Waals surface area contributed by atoms with Gasteiger partial charge in [0.25, 0.3) is 5.91 Å². The van der Waals surface area contributed by atoms with E-state index >= 15 is 0 Å². The Morgan fingerprint density at radius 2 is 1.79 bits per heavy atom. The monoisotopic (exact) mass is 397 g/mol. The molecule has 1 saturated heterocycles. The Labute approximate surface area is 165 Å². The molecule has 3 rings (SSSR count). The molecular formula is C21H23N3O3S. The van der Waals surface area contributed by atoms with Crippen LogP contribution >= 0.6 is 0 Å². The molecule has 0 unspecified atom stereocenters. The second kappa shape index (κ2) is 8.95. The maximum atomic E-state index is 12.6. The number of hydrogen-bond acceptors (Lipinski definition) is 4. The summed E-state index contributed by atoms with van der Waals surface area (Å²) in [5.41, 5.74) is 4.61. The number of benzene rings is 2. The van der Waals surface area contributed by atoms with Gasteiger partial charge in [0, 0.05) is 18.7 Å². The number of nitrogens with one attached hydrogen (secondary N) is 1. The fourth-order valence-electron chi connectivity index (χ4n) is 2.98. The van der Waals surface area contributed by atoms with Crippen molar-refractivity contribution < 1.29 is 13.2 Å². The van der Waals surface area contributed by atoms with Crippen LogP contribution in [0.5, 0.6) is 0 Å². The van der Waals surface area contributed by atoms with E-state index in [1.807, 2.05) is 43.3 Å². The molecule has 1 N–H and O–H groups in total. The summed E-state index contributed by atoms with van der Waals surface area (Å²) in [6.07, 6.45) is 5.22. The van der Waals surface area contributed by atoms with E-state index in [0.29, 0.717) is 13.1 Å². The first-order valence-corrected chi connectivity index (χ1v) is 10.6. The average Bonchev–Trinajstić information content (AvgIpc) is 3.24. The molecule has 28 heavy (non-hydrogen) atoms. The van der Waals surface area contributed by atoms with E-state index in [4.69, 9.17) is 0 Å². The van der Waals surface area contributed by atoms with Gasteiger partial charge in [0.05, 0.1) is 11.1 Å². The highest BCUT2D eigenvalue weighted by Crippen LogP contribution is 2.21. The Hall–Kier alpha value is -2.77. The molecular weight excluding hydrogens is 374 g/mol. The molecule has 146 valence electrons. The minimum absolute atomic E-state index is 0.131. The van der Waals surface area contributed by atoms with Crippen molar-refractivity contribution >= 4 is 28.2 Å². The lowest BCUT2D eigenvalue weighted by Gasteiger charge is -2.15. The van der Waals surface area contributed by atoms with E-state index in [9.17, 15) is 13.2 Å². The van der Waals surface area contributed by atoms with Gasteiger partial charge in [0.2, 0.25) is 10.0 Å². The van der Waals surface area contributed by atoms with Gasteiger partial charge in [-0.3, -0.25) is 4.79 Å². The number of amides is 1. The fraction of sp³-hybridized carbons (Fsp3) is 0.238. The Morgan fingerprint density at radius 3 is 2.50 bits per heavy atom. The van der Waals surface area contributed by atoms with Crippen molar-refractivity contribution in [2.24, 2.45) is 5.10 Å². The van der Waals surface area contributed by atoms with Crippen LogP contribution in [0, 0.1) is 0 Å². The second-order valence-corrected chi connectivity index (χ2v) is 8.58. The highest BCUT2D eigenvalue weighted by atomic mass is 32.2. The van der Waals surface area contributed by atoms with Crippen molar-refractivity contribution in [3.05, 3.63) is 71.3 Å². The standard InChI is InChI=1S/C21H23N3O3S/c1-17(14-18-8-3-2-4-9-18)16-22-23-21(25)19-10-7-11-20(15-19)28(26,27)24-12-5-6-13-24/h2-4,7-11,14-16H,5-6,12-13H2,1H3,(H,23,25). The summed E-state index contributed by atoms with van der Waals surface area (Å²) in [5, 5.41) is 3.96. The number of carbonyl (C=O) groups is 1. The number of hydrazone groups is 1. The third-order valence-electron chi connectivity index (χ3n) is 4.43. The van der Waals surface area contributed by atoms with Gasteiger partial charge >= 0.3 is 0 Å². The molecule has 1 aliphatic heterocycles. The average molecular weight is 398 g/mol. The smallest absolute Gasteiger partial charge is 0.267 e. The van der Waals surface area contributed by atoms with E-state index in [0.717, 1.165) is 24.0 Å². The second-order valence-electron chi connectivity index (χ2n) is 6.64. The van der Waals surface area contributed by atoms with Gasteiger partial charge in [-0.1, -0.05) is 42.5 Å². The van der Waals surface area contributed by atoms with Crippen molar-refractivity contribution in [3.63, 3.8) is 0 Å². The van der Waals surface area contributed by atoms with E-state index in [1.165, 1.54) is 16.4 Å². The number of rotatable bonds is 6. The molecule has 0 bridgehead atoms. The SMILES string of the molecule is CC(C=NNC(=O)c1cccc(S(=O)(=O)N2CCCC2)c1)=Cc1ccccc1. The van der Waals surface area contributed by atoms with Gasteiger partial charge < -0.3 is 0 Å². The third-order valence-corrected chi connectivity index (χ3v) is 6.32. The zero-order valence-corrected chi connectivity index (χ0v) is 16.5. The summed E-state index contributed by atoms with van der Waals surface area (Å²) in [4.78, 5) is 12.5. The molecule has 1 fully saturated rings. The summed E-state index contributed by atoms with van der Waals surface area (Å²) in [7, 11) is -3.56. The normalized spacial score (nSPS) is 15.8. The van der Waals surface area contributed by atoms with Crippen LogP contribution < -0.4 is 5.43 Å². The molecule has 0 saturated carbocycles. The van der Waals surface area contributed by atoms with Crippen molar-refractivity contribution in [2.45, 2.75) is 24.7 Å². The van der Waals surface area contributed by atoms with Crippen molar-refractivity contribution in [1.29, 1.82) is 0 Å². The molecule has 0 aliphatic carbocycles. The summed E-state index contributed by atoms with van der Waals surface area (Å²) in [5.74, 6) is -0.456. The summed E-state index contributed by atoms with van der Waals surface area (Å²) >= 11 is 0. The van der Waals surface area contributed by atoms with Crippen LogP contribution in [0.25, 0.3) is 6.08 Å². The van der Waals surface area contributed by atoms with Crippen LogP contribution in [-0.4, -0.2) is 37.9 Å². The van der Waals surface area contributed by atoms with Crippen LogP contribution in [0.4, 0.5) is 0 Å². The lowest BCUT2D eigenvalue weighted by Crippen LogP contribution is -2.28. The van der Waals surface area contributed by atoms with Crippen LogP contribution in [0.1, 0.15) is 35.7 Å². The fourth-order valence-corrected chi connectivity index (χ4v) is 4.55. The minimum Gasteiger partial charge on any atom is -0.267 e. The Bertz CT molecular complexity index is 993. The molecule has 6 nitrogen and oxygen atoms in total. The number of carbonyl (C=O) groups excluding carboxylic acids is 1. The maximum Gasteiger partial charge on any atom is 0.271 e. The minimum atomic E-state index is -3.56. The van der Waals surface area contributed by atoms with Crippen molar-refractivity contribution in [2.75, 3.05) is 13.1 Å². The zero-order valence-electron chi connectivity index (χ0n) is 15.7. The molecule has 2 aromatic rings. The quantitative estimate of drug-likeness (QED) is 0.600. The van der Waals surface area contributed by atoms with Crippen molar-refractivity contribution in [1.82, 2.24) is 9.73 Å². The topological polar surface area (TPSA) is 78.8 Å². The first-order chi connectivity index (χ1) is 13.5. The summed E-state index contributed by atoms with van der Waals surface area (Å²) in [6.45, 7) is 2.93. The van der Waals surface area contributed by atoms with Gasteiger partial charge in [-0.2, -0.15) is 9.41 Å². The van der Waals surface area contributed by atoms with Gasteiger partial charge in [-0.05, 0) is 49.1 Å². The Kier molecular flexibility index (Phi) is 6.38. The van der Waals surface area contributed by atoms with E-state index in [1.54, 1.807) is 18.3 Å². The van der Waals surface area contributed by atoms with Gasteiger partial charge in [-0.15, -0.1) is 0 Å². The first kappa shape index (κ1) is 20.0. The molecule has 7 heteroatoms. The molecule has 1 amide bonds. The first-order valence-electron chi connectivity index (χ1n) is 9.14. The molecule has 2 aromatic carbocycles. The lowest BCUT2D eigenvalue weighted by atomic mass is 10.1. The van der Waals surface area contributed by atoms with Crippen LogP contribution in [-0.2, 0) is 10.0 Å². The predicted molar refractivity (Wildman–Crippen MR) is 110 cm³/mol. The predicted octanol–water partition coefficient (Wildman–Crippen LogP) is 3.29. The largest absolute Gasteiger partial charge is 0.271 e. The highest BCUT2D eigenvalue weighted by molar-refractivity contribution is 7.89. The highest BCUT2D eigenvalue weighted by Gasteiger charge is 2.27. The molecule has 1 heterocycles. The van der Waals surface area contributed by atoms with Gasteiger partial charge in [0.1, 0.15) is 0 Å². The zero-order chi connectivity index (χ0) is 20.0.